The molecule has 0 unspecified atom stereocenters. The van der Waals surface area contributed by atoms with E-state index in [-0.39, 0.29) is 11.7 Å². The Hall–Kier alpha value is -2.93. The van der Waals surface area contributed by atoms with Crippen LogP contribution >= 0.6 is 0 Å². The standard InChI is InChI=1S/C19H20N4O3/c1-25-18-5-3-13(10-22-18)14-2-4-17-21-11-16(19(24)23(17)12-14)26-15-6-8-20-9-7-15/h2-5,10-12,15,20H,6-9H2,1H3. The summed E-state index contributed by atoms with van der Waals surface area (Å²) in [4.78, 5) is 21.4. The van der Waals surface area contributed by atoms with Crippen molar-refractivity contribution in [1.29, 1.82) is 0 Å². The summed E-state index contributed by atoms with van der Waals surface area (Å²) < 4.78 is 12.5. The molecule has 3 aromatic heterocycles. The Bertz CT molecular complexity index is 963. The number of aromatic nitrogens is 3. The Kier molecular flexibility index (Phi) is 4.53. The number of pyridine rings is 2. The summed E-state index contributed by atoms with van der Waals surface area (Å²) in [6.07, 6.45) is 6.84. The van der Waals surface area contributed by atoms with Crippen LogP contribution in [0.5, 0.6) is 11.6 Å². The molecule has 1 fully saturated rings. The Morgan fingerprint density at radius 1 is 1.08 bits per heavy atom. The second kappa shape index (κ2) is 7.13. The normalized spacial score (nSPS) is 15.1. The summed E-state index contributed by atoms with van der Waals surface area (Å²) in [6, 6.07) is 7.42. The van der Waals surface area contributed by atoms with Crippen LogP contribution in [0.1, 0.15) is 12.8 Å². The molecule has 0 spiro atoms. The zero-order chi connectivity index (χ0) is 17.9. The molecule has 0 amide bonds. The summed E-state index contributed by atoms with van der Waals surface area (Å²) in [5.74, 6) is 0.838. The lowest BCUT2D eigenvalue weighted by molar-refractivity contribution is 0.159. The first-order chi connectivity index (χ1) is 12.7. The number of ether oxygens (including phenoxy) is 2. The summed E-state index contributed by atoms with van der Waals surface area (Å²) in [6.45, 7) is 1.81. The van der Waals surface area contributed by atoms with Gasteiger partial charge in [0.05, 0.1) is 13.3 Å². The monoisotopic (exact) mass is 352 g/mol. The predicted octanol–water partition coefficient (Wildman–Crippen LogP) is 1.90. The third-order valence-corrected chi connectivity index (χ3v) is 4.53. The van der Waals surface area contributed by atoms with Crippen molar-refractivity contribution in [2.45, 2.75) is 18.9 Å². The van der Waals surface area contributed by atoms with Gasteiger partial charge in [0.2, 0.25) is 11.6 Å². The lowest BCUT2D eigenvalue weighted by Crippen LogP contribution is -2.35. The number of piperidine rings is 1. The van der Waals surface area contributed by atoms with E-state index in [9.17, 15) is 4.79 Å². The van der Waals surface area contributed by atoms with Crippen LogP contribution in [0.25, 0.3) is 16.8 Å². The first-order valence-electron chi connectivity index (χ1n) is 8.64. The highest BCUT2D eigenvalue weighted by Gasteiger charge is 2.17. The Labute approximate surface area is 150 Å². The van der Waals surface area contributed by atoms with Crippen molar-refractivity contribution in [3.8, 4) is 22.8 Å². The van der Waals surface area contributed by atoms with E-state index in [4.69, 9.17) is 9.47 Å². The van der Waals surface area contributed by atoms with Gasteiger partial charge in [-0.2, -0.15) is 0 Å². The molecule has 26 heavy (non-hydrogen) atoms. The van der Waals surface area contributed by atoms with E-state index in [1.54, 1.807) is 25.6 Å². The van der Waals surface area contributed by atoms with E-state index < -0.39 is 0 Å². The molecule has 0 aliphatic carbocycles. The molecule has 0 bridgehead atoms. The van der Waals surface area contributed by atoms with E-state index in [0.29, 0.717) is 17.3 Å². The maximum absolute atomic E-state index is 12.8. The van der Waals surface area contributed by atoms with Gasteiger partial charge in [-0.3, -0.25) is 9.20 Å². The van der Waals surface area contributed by atoms with Crippen LogP contribution in [0.15, 0.2) is 47.7 Å². The molecule has 134 valence electrons. The Balaban J connectivity index is 1.69. The first kappa shape index (κ1) is 16.5. The highest BCUT2D eigenvalue weighted by Crippen LogP contribution is 2.21. The number of nitrogens with zero attached hydrogens (tertiary/aromatic N) is 3. The van der Waals surface area contributed by atoms with Crippen LogP contribution in [0, 0.1) is 0 Å². The van der Waals surface area contributed by atoms with Crippen LogP contribution in [0.3, 0.4) is 0 Å². The average Bonchev–Trinajstić information content (AvgIpc) is 2.71. The topological polar surface area (TPSA) is 77.8 Å². The van der Waals surface area contributed by atoms with Crippen LogP contribution < -0.4 is 20.3 Å². The number of rotatable bonds is 4. The van der Waals surface area contributed by atoms with E-state index in [1.165, 1.54) is 10.6 Å². The van der Waals surface area contributed by atoms with E-state index >= 15 is 0 Å². The van der Waals surface area contributed by atoms with Crippen molar-refractivity contribution in [2.75, 3.05) is 20.2 Å². The van der Waals surface area contributed by atoms with Gasteiger partial charge in [0.15, 0.2) is 0 Å². The molecule has 0 atom stereocenters. The van der Waals surface area contributed by atoms with Crippen LogP contribution in [0.2, 0.25) is 0 Å². The fraction of sp³-hybridized carbons (Fsp3) is 0.316. The molecule has 4 heterocycles. The number of fused-ring (bicyclic) bond motifs is 1. The van der Waals surface area contributed by atoms with Crippen LogP contribution in [-0.4, -0.2) is 40.7 Å². The van der Waals surface area contributed by atoms with E-state index in [2.05, 4.69) is 15.3 Å². The summed E-state index contributed by atoms with van der Waals surface area (Å²) in [5.41, 5.74) is 2.15. The number of nitrogens with one attached hydrogen (secondary N) is 1. The van der Waals surface area contributed by atoms with Crippen LogP contribution in [-0.2, 0) is 0 Å². The minimum absolute atomic E-state index is 0.0535. The predicted molar refractivity (Wildman–Crippen MR) is 97.8 cm³/mol. The van der Waals surface area contributed by atoms with Gasteiger partial charge in [-0.25, -0.2) is 9.97 Å². The Morgan fingerprint density at radius 2 is 1.88 bits per heavy atom. The molecule has 7 nitrogen and oxygen atoms in total. The minimum atomic E-state index is -0.197. The maximum atomic E-state index is 12.8. The molecule has 0 aromatic carbocycles. The summed E-state index contributed by atoms with van der Waals surface area (Å²) >= 11 is 0. The lowest BCUT2D eigenvalue weighted by Gasteiger charge is -2.23. The SMILES string of the molecule is COc1ccc(-c2ccc3ncc(OC4CCNCC4)c(=O)n3c2)cn1. The molecule has 7 heteroatoms. The summed E-state index contributed by atoms with van der Waals surface area (Å²) in [7, 11) is 1.58. The van der Waals surface area contributed by atoms with Crippen molar-refractivity contribution in [2.24, 2.45) is 0 Å². The lowest BCUT2D eigenvalue weighted by atomic mass is 10.1. The van der Waals surface area contributed by atoms with Gasteiger partial charge < -0.3 is 14.8 Å². The smallest absolute Gasteiger partial charge is 0.300 e. The van der Waals surface area contributed by atoms with Gasteiger partial charge in [0, 0.05) is 29.6 Å². The highest BCUT2D eigenvalue weighted by molar-refractivity contribution is 5.64. The van der Waals surface area contributed by atoms with Gasteiger partial charge in [0.25, 0.3) is 5.56 Å². The molecule has 3 aromatic rings. The number of methoxy groups -OCH3 is 1. The van der Waals surface area contributed by atoms with Gasteiger partial charge in [-0.15, -0.1) is 0 Å². The molecule has 0 radical (unpaired) electrons. The fourth-order valence-corrected chi connectivity index (χ4v) is 3.08. The largest absolute Gasteiger partial charge is 0.483 e. The third kappa shape index (κ3) is 3.25. The van der Waals surface area contributed by atoms with Gasteiger partial charge >= 0.3 is 0 Å². The van der Waals surface area contributed by atoms with E-state index in [0.717, 1.165) is 37.1 Å². The summed E-state index contributed by atoms with van der Waals surface area (Å²) in [5, 5.41) is 3.28. The number of hydrogen-bond acceptors (Lipinski definition) is 6. The van der Waals surface area contributed by atoms with Crippen molar-refractivity contribution in [3.05, 3.63) is 53.2 Å². The molecule has 1 saturated heterocycles. The average molecular weight is 352 g/mol. The van der Waals surface area contributed by atoms with Gasteiger partial charge in [-0.05, 0) is 44.1 Å². The molecular formula is C19H20N4O3. The molecular weight excluding hydrogens is 332 g/mol. The maximum Gasteiger partial charge on any atom is 0.300 e. The number of hydrogen-bond donors (Lipinski definition) is 1. The second-order valence-electron chi connectivity index (χ2n) is 6.23. The molecule has 4 rings (SSSR count). The second-order valence-corrected chi connectivity index (χ2v) is 6.23. The Morgan fingerprint density at radius 3 is 2.62 bits per heavy atom. The fourth-order valence-electron chi connectivity index (χ4n) is 3.08. The first-order valence-corrected chi connectivity index (χ1v) is 8.64. The van der Waals surface area contributed by atoms with Crippen LogP contribution in [0.4, 0.5) is 0 Å². The molecule has 1 aliphatic rings. The molecule has 1 N–H and O–H groups in total. The zero-order valence-corrected chi connectivity index (χ0v) is 14.5. The highest BCUT2D eigenvalue weighted by atomic mass is 16.5. The zero-order valence-electron chi connectivity index (χ0n) is 14.5. The van der Waals surface area contributed by atoms with Crippen molar-refractivity contribution < 1.29 is 9.47 Å². The quantitative estimate of drug-likeness (QED) is 0.773. The van der Waals surface area contributed by atoms with Crippen molar-refractivity contribution >= 4 is 5.65 Å². The minimum Gasteiger partial charge on any atom is -0.483 e. The van der Waals surface area contributed by atoms with Gasteiger partial charge in [0.1, 0.15) is 11.8 Å². The van der Waals surface area contributed by atoms with Gasteiger partial charge in [-0.1, -0.05) is 0 Å². The molecule has 1 aliphatic heterocycles. The third-order valence-electron chi connectivity index (χ3n) is 4.53. The van der Waals surface area contributed by atoms with Crippen molar-refractivity contribution in [3.63, 3.8) is 0 Å². The van der Waals surface area contributed by atoms with Crippen molar-refractivity contribution in [1.82, 2.24) is 19.7 Å². The van der Waals surface area contributed by atoms with E-state index in [1.807, 2.05) is 18.2 Å². The molecule has 0 saturated carbocycles.